The lowest BCUT2D eigenvalue weighted by Gasteiger charge is -2.22. The molecule has 1 unspecified atom stereocenters. The van der Waals surface area contributed by atoms with Crippen LogP contribution in [0.25, 0.3) is 0 Å². The Morgan fingerprint density at radius 2 is 1.97 bits per heavy atom. The Balaban J connectivity index is 1.62. The first-order chi connectivity index (χ1) is 15.8. The molecule has 2 aromatic rings. The van der Waals surface area contributed by atoms with Gasteiger partial charge in [-0.25, -0.2) is 8.42 Å². The van der Waals surface area contributed by atoms with Gasteiger partial charge in [-0.1, -0.05) is 23.4 Å². The molecular formula is C23H32N4O5S. The molecule has 1 aliphatic rings. The van der Waals surface area contributed by atoms with Crippen molar-refractivity contribution >= 4 is 21.8 Å². The van der Waals surface area contributed by atoms with Crippen LogP contribution in [-0.2, 0) is 26.0 Å². The van der Waals surface area contributed by atoms with Gasteiger partial charge >= 0.3 is 0 Å². The van der Waals surface area contributed by atoms with E-state index in [0.717, 1.165) is 17.0 Å². The maximum Gasteiger partial charge on any atom is 0.243 e. The molecule has 9 nitrogen and oxygen atoms in total. The average Bonchev–Trinajstić information content (AvgIpc) is 3.10. The summed E-state index contributed by atoms with van der Waals surface area (Å²) < 4.78 is 32.6. The zero-order valence-corrected chi connectivity index (χ0v) is 20.0. The Hall–Kier alpha value is -2.72. The fraction of sp³-hybridized carbons (Fsp3) is 0.522. The van der Waals surface area contributed by atoms with Crippen molar-refractivity contribution in [3.8, 4) is 0 Å². The third-order valence-electron chi connectivity index (χ3n) is 5.97. The van der Waals surface area contributed by atoms with Crippen molar-refractivity contribution in [1.82, 2.24) is 20.1 Å². The van der Waals surface area contributed by atoms with E-state index in [1.165, 1.54) is 4.31 Å². The zero-order chi connectivity index (χ0) is 23.8. The fourth-order valence-corrected chi connectivity index (χ4v) is 5.53. The van der Waals surface area contributed by atoms with Gasteiger partial charge in [-0.05, 0) is 51.7 Å². The molecule has 0 saturated carbocycles. The van der Waals surface area contributed by atoms with Crippen LogP contribution >= 0.6 is 0 Å². The molecule has 0 bridgehead atoms. The maximum atomic E-state index is 13.1. The van der Waals surface area contributed by atoms with E-state index in [1.807, 2.05) is 13.8 Å². The molecule has 2 amide bonds. The van der Waals surface area contributed by atoms with Crippen LogP contribution in [0.4, 0.5) is 0 Å². The number of nitrogens with zero attached hydrogens (tertiary/aromatic N) is 2. The number of aryl methyl sites for hydroxylation is 2. The predicted octanol–water partition coefficient (Wildman–Crippen LogP) is 1.95. The largest absolute Gasteiger partial charge is 0.361 e. The highest BCUT2D eigenvalue weighted by atomic mass is 32.2. The van der Waals surface area contributed by atoms with E-state index in [4.69, 9.17) is 4.52 Å². The lowest BCUT2D eigenvalue weighted by Crippen LogP contribution is -2.35. The van der Waals surface area contributed by atoms with Gasteiger partial charge in [-0.2, -0.15) is 4.31 Å². The number of carbonyl (C=O) groups excluding carboxylic acids is 2. The summed E-state index contributed by atoms with van der Waals surface area (Å²) in [4.78, 5) is 25.3. The first kappa shape index (κ1) is 24.9. The van der Waals surface area contributed by atoms with Crippen LogP contribution in [-0.4, -0.2) is 55.9 Å². The molecule has 0 spiro atoms. The van der Waals surface area contributed by atoms with Crippen molar-refractivity contribution in [2.75, 3.05) is 26.2 Å². The highest BCUT2D eigenvalue weighted by molar-refractivity contribution is 7.89. The summed E-state index contributed by atoms with van der Waals surface area (Å²) in [6.45, 7) is 4.92. The lowest BCUT2D eigenvalue weighted by molar-refractivity contribution is -0.126. The molecule has 2 N–H and O–H groups in total. The first-order valence-electron chi connectivity index (χ1n) is 11.3. The zero-order valence-electron chi connectivity index (χ0n) is 19.2. The van der Waals surface area contributed by atoms with Crippen molar-refractivity contribution in [1.29, 1.82) is 0 Å². The molecular weight excluding hydrogens is 444 g/mol. The molecule has 1 aromatic heterocycles. The van der Waals surface area contributed by atoms with Gasteiger partial charge < -0.3 is 15.2 Å². The van der Waals surface area contributed by atoms with Crippen LogP contribution < -0.4 is 10.6 Å². The molecule has 1 fully saturated rings. The van der Waals surface area contributed by atoms with Crippen LogP contribution in [0.1, 0.15) is 42.7 Å². The number of hydrogen-bond donors (Lipinski definition) is 2. The second kappa shape index (κ2) is 11.4. The molecule has 33 heavy (non-hydrogen) atoms. The predicted molar refractivity (Wildman–Crippen MR) is 123 cm³/mol. The van der Waals surface area contributed by atoms with Crippen LogP contribution in [0, 0.1) is 19.8 Å². The molecule has 0 radical (unpaired) electrons. The molecule has 3 rings (SSSR count). The molecule has 2 heterocycles. The number of aromatic nitrogens is 1. The van der Waals surface area contributed by atoms with Crippen molar-refractivity contribution in [2.24, 2.45) is 5.92 Å². The minimum atomic E-state index is -3.71. The average molecular weight is 477 g/mol. The van der Waals surface area contributed by atoms with Crippen LogP contribution in [0.3, 0.4) is 0 Å². The minimum absolute atomic E-state index is 0.0837. The monoisotopic (exact) mass is 476 g/mol. The number of carbonyl (C=O) groups is 2. The molecule has 1 aromatic carbocycles. The maximum absolute atomic E-state index is 13.1. The quantitative estimate of drug-likeness (QED) is 0.657. The van der Waals surface area contributed by atoms with E-state index in [1.54, 1.807) is 30.3 Å². The number of rotatable bonds is 6. The van der Waals surface area contributed by atoms with Gasteiger partial charge in [0.05, 0.1) is 10.6 Å². The first-order valence-corrected chi connectivity index (χ1v) is 12.7. The van der Waals surface area contributed by atoms with E-state index in [0.29, 0.717) is 38.8 Å². The fourth-order valence-electron chi connectivity index (χ4n) is 4.03. The van der Waals surface area contributed by atoms with Crippen LogP contribution in [0.5, 0.6) is 0 Å². The molecule has 10 heteroatoms. The highest BCUT2D eigenvalue weighted by Gasteiger charge is 2.27. The Kier molecular flexibility index (Phi) is 8.62. The second-order valence-electron chi connectivity index (χ2n) is 8.29. The molecule has 1 atom stereocenters. The summed E-state index contributed by atoms with van der Waals surface area (Å²) in [5, 5.41) is 9.71. The highest BCUT2D eigenvalue weighted by Crippen LogP contribution is 2.19. The topological polar surface area (TPSA) is 122 Å². The van der Waals surface area contributed by atoms with Crippen LogP contribution in [0.2, 0.25) is 0 Å². The van der Waals surface area contributed by atoms with Gasteiger partial charge in [0.25, 0.3) is 0 Å². The van der Waals surface area contributed by atoms with Gasteiger partial charge in [0.2, 0.25) is 21.8 Å². The third-order valence-corrected chi connectivity index (χ3v) is 7.88. The van der Waals surface area contributed by atoms with E-state index in [-0.39, 0.29) is 42.1 Å². The number of nitrogens with one attached hydrogen (secondary N) is 2. The van der Waals surface area contributed by atoms with E-state index in [9.17, 15) is 18.0 Å². The van der Waals surface area contributed by atoms with E-state index in [2.05, 4.69) is 15.8 Å². The van der Waals surface area contributed by atoms with Gasteiger partial charge in [-0.3, -0.25) is 9.59 Å². The van der Waals surface area contributed by atoms with Gasteiger partial charge in [0.1, 0.15) is 5.76 Å². The van der Waals surface area contributed by atoms with E-state index >= 15 is 0 Å². The number of amides is 2. The Labute approximate surface area is 195 Å². The molecule has 1 aliphatic heterocycles. The lowest BCUT2D eigenvalue weighted by atomic mass is 9.98. The summed E-state index contributed by atoms with van der Waals surface area (Å²) in [5.41, 5.74) is 1.81. The summed E-state index contributed by atoms with van der Waals surface area (Å²) in [6, 6.07) is 8.21. The third kappa shape index (κ3) is 6.64. The van der Waals surface area contributed by atoms with Gasteiger partial charge in [0, 0.05) is 44.1 Å². The Bertz CT molecular complexity index is 1030. The summed E-state index contributed by atoms with van der Waals surface area (Å²) in [5.74, 6) is 0.129. The molecule has 180 valence electrons. The normalized spacial score (nSPS) is 18.8. The molecule has 0 aliphatic carbocycles. The number of sulfonamides is 1. The summed E-state index contributed by atoms with van der Waals surface area (Å²) in [6.07, 6.45) is 2.28. The van der Waals surface area contributed by atoms with Crippen molar-refractivity contribution < 1.29 is 22.5 Å². The van der Waals surface area contributed by atoms with Crippen LogP contribution in [0.15, 0.2) is 39.8 Å². The number of hydrogen-bond acceptors (Lipinski definition) is 6. The van der Waals surface area contributed by atoms with Gasteiger partial charge in [0.15, 0.2) is 0 Å². The Morgan fingerprint density at radius 3 is 2.67 bits per heavy atom. The Morgan fingerprint density at radius 1 is 1.21 bits per heavy atom. The van der Waals surface area contributed by atoms with E-state index < -0.39 is 10.0 Å². The summed E-state index contributed by atoms with van der Waals surface area (Å²) >= 11 is 0. The standard InChI is InChI=1S/C23H32N4O5S/c1-17-21(18(2)32-26-17)11-14-25-23(29)19-7-6-15-27(16-12-22(28)24-13-10-19)33(30,31)20-8-4-3-5-9-20/h3-5,8-9,19H,6-7,10-16H2,1-2H3,(H,24,28)(H,25,29). The smallest absolute Gasteiger partial charge is 0.243 e. The van der Waals surface area contributed by atoms with Crippen molar-refractivity contribution in [3.05, 3.63) is 47.3 Å². The summed E-state index contributed by atoms with van der Waals surface area (Å²) in [7, 11) is -3.71. The van der Waals surface area contributed by atoms with Crippen molar-refractivity contribution in [2.45, 2.75) is 50.8 Å². The SMILES string of the molecule is Cc1noc(C)c1CCNC(=O)C1CCCN(S(=O)(=O)c2ccccc2)CCC(=O)NCC1. The minimum Gasteiger partial charge on any atom is -0.361 e. The van der Waals surface area contributed by atoms with Gasteiger partial charge in [-0.15, -0.1) is 0 Å². The second-order valence-corrected chi connectivity index (χ2v) is 10.2. The van der Waals surface area contributed by atoms with Crippen molar-refractivity contribution in [3.63, 3.8) is 0 Å². The molecule has 1 saturated heterocycles. The number of benzene rings is 1.